The Morgan fingerprint density at radius 2 is 2.06 bits per heavy atom. The molecular weight excluding hydrogens is 238 g/mol. The number of ether oxygens (including phenoxy) is 1. The van der Waals surface area contributed by atoms with Gasteiger partial charge in [0.2, 0.25) is 0 Å². The molecule has 3 aliphatic rings. The van der Waals surface area contributed by atoms with Gasteiger partial charge in [-0.15, -0.1) is 0 Å². The standard InChI is InChI=1S/C13H18F2N2O/c14-13(15)7-10(13)9-18-11-3-4-12(16-8-11)17-5-1-2-6-17/h3-4,10,16H,1-2,5-9H2. The molecule has 1 saturated carbocycles. The van der Waals surface area contributed by atoms with Gasteiger partial charge >= 0.3 is 0 Å². The van der Waals surface area contributed by atoms with Crippen molar-refractivity contribution in [1.82, 2.24) is 10.2 Å². The minimum absolute atomic E-state index is 0.0252. The topological polar surface area (TPSA) is 24.5 Å². The van der Waals surface area contributed by atoms with Gasteiger partial charge in [-0.05, 0) is 25.0 Å². The van der Waals surface area contributed by atoms with Crippen molar-refractivity contribution in [3.63, 3.8) is 0 Å². The molecule has 0 aromatic rings. The number of allylic oxidation sites excluding steroid dienone is 2. The average molecular weight is 256 g/mol. The molecule has 5 heteroatoms. The molecule has 0 amide bonds. The van der Waals surface area contributed by atoms with E-state index in [1.54, 1.807) is 0 Å². The minimum atomic E-state index is -2.49. The summed E-state index contributed by atoms with van der Waals surface area (Å²) in [5.41, 5.74) is 0. The van der Waals surface area contributed by atoms with Gasteiger partial charge in [0.15, 0.2) is 0 Å². The summed E-state index contributed by atoms with van der Waals surface area (Å²) in [7, 11) is 0. The lowest BCUT2D eigenvalue weighted by Gasteiger charge is -2.25. The highest BCUT2D eigenvalue weighted by Gasteiger charge is 2.57. The van der Waals surface area contributed by atoms with Crippen LogP contribution in [0.4, 0.5) is 8.78 Å². The molecule has 0 radical (unpaired) electrons. The summed E-state index contributed by atoms with van der Waals surface area (Å²) in [6, 6.07) is 0. The van der Waals surface area contributed by atoms with E-state index in [1.165, 1.54) is 12.8 Å². The van der Waals surface area contributed by atoms with E-state index in [0.29, 0.717) is 6.54 Å². The first-order chi connectivity index (χ1) is 8.65. The summed E-state index contributed by atoms with van der Waals surface area (Å²) in [6.45, 7) is 2.92. The fraction of sp³-hybridized carbons (Fsp3) is 0.692. The number of hydrogen-bond acceptors (Lipinski definition) is 3. The Labute approximate surface area is 105 Å². The molecule has 2 fully saturated rings. The first kappa shape index (κ1) is 11.8. The number of likely N-dealkylation sites (tertiary alicyclic amines) is 1. The fourth-order valence-corrected chi connectivity index (χ4v) is 2.40. The first-order valence-electron chi connectivity index (χ1n) is 6.55. The maximum absolute atomic E-state index is 12.7. The maximum atomic E-state index is 12.7. The molecular formula is C13H18F2N2O. The minimum Gasteiger partial charge on any atom is -0.496 e. The van der Waals surface area contributed by atoms with Crippen LogP contribution in [0.1, 0.15) is 19.3 Å². The number of rotatable bonds is 4. The molecule has 2 heterocycles. The second-order valence-corrected chi connectivity index (χ2v) is 5.21. The molecule has 1 aliphatic carbocycles. The zero-order valence-corrected chi connectivity index (χ0v) is 10.3. The Hall–Kier alpha value is -1.26. The van der Waals surface area contributed by atoms with Crippen molar-refractivity contribution >= 4 is 0 Å². The number of nitrogens with zero attached hydrogens (tertiary/aromatic N) is 1. The normalized spacial score (nSPS) is 29.4. The van der Waals surface area contributed by atoms with Gasteiger partial charge in [0, 0.05) is 19.5 Å². The largest absolute Gasteiger partial charge is 0.496 e. The Bertz CT molecular complexity index is 386. The molecule has 100 valence electrons. The van der Waals surface area contributed by atoms with E-state index in [9.17, 15) is 8.78 Å². The molecule has 2 aliphatic heterocycles. The second kappa shape index (κ2) is 4.44. The summed E-state index contributed by atoms with van der Waals surface area (Å²) < 4.78 is 30.8. The van der Waals surface area contributed by atoms with Crippen LogP contribution in [0.2, 0.25) is 0 Å². The zero-order valence-electron chi connectivity index (χ0n) is 10.3. The van der Waals surface area contributed by atoms with Crippen molar-refractivity contribution in [2.45, 2.75) is 25.2 Å². The molecule has 18 heavy (non-hydrogen) atoms. The zero-order chi connectivity index (χ0) is 12.6. The maximum Gasteiger partial charge on any atom is 0.255 e. The molecule has 0 aromatic carbocycles. The Morgan fingerprint density at radius 1 is 1.33 bits per heavy atom. The molecule has 1 unspecified atom stereocenters. The summed E-state index contributed by atoms with van der Waals surface area (Å²) in [6.07, 6.45) is 6.33. The Morgan fingerprint density at radius 3 is 2.61 bits per heavy atom. The highest BCUT2D eigenvalue weighted by molar-refractivity contribution is 5.20. The van der Waals surface area contributed by atoms with E-state index in [-0.39, 0.29) is 13.0 Å². The van der Waals surface area contributed by atoms with Crippen molar-refractivity contribution in [1.29, 1.82) is 0 Å². The lowest BCUT2D eigenvalue weighted by atomic mass is 10.3. The van der Waals surface area contributed by atoms with Crippen LogP contribution >= 0.6 is 0 Å². The van der Waals surface area contributed by atoms with Crippen molar-refractivity contribution in [3.8, 4) is 0 Å². The van der Waals surface area contributed by atoms with E-state index in [4.69, 9.17) is 4.74 Å². The fourth-order valence-electron chi connectivity index (χ4n) is 2.40. The van der Waals surface area contributed by atoms with Crippen molar-refractivity contribution in [2.24, 2.45) is 5.92 Å². The van der Waals surface area contributed by atoms with Gasteiger partial charge in [0.05, 0.1) is 19.1 Å². The quantitative estimate of drug-likeness (QED) is 0.833. The van der Waals surface area contributed by atoms with Crippen LogP contribution in [0.25, 0.3) is 0 Å². The van der Waals surface area contributed by atoms with E-state index in [1.807, 2.05) is 12.2 Å². The van der Waals surface area contributed by atoms with Crippen molar-refractivity contribution in [3.05, 3.63) is 23.7 Å². The number of nitrogens with one attached hydrogen (secondary N) is 1. The SMILES string of the molecule is FC1(F)CC1COC1=CC=C(N2CCCC2)NC1. The van der Waals surface area contributed by atoms with E-state index < -0.39 is 11.8 Å². The van der Waals surface area contributed by atoms with E-state index >= 15 is 0 Å². The Kier molecular flexibility index (Phi) is 2.92. The van der Waals surface area contributed by atoms with Gasteiger partial charge in [-0.2, -0.15) is 0 Å². The van der Waals surface area contributed by atoms with Gasteiger partial charge in [-0.1, -0.05) is 0 Å². The van der Waals surface area contributed by atoms with E-state index in [0.717, 1.165) is 24.7 Å². The van der Waals surface area contributed by atoms with E-state index in [2.05, 4.69) is 10.2 Å². The lowest BCUT2D eigenvalue weighted by molar-refractivity contribution is 0.0727. The van der Waals surface area contributed by atoms with Crippen molar-refractivity contribution < 1.29 is 13.5 Å². The molecule has 3 nitrogen and oxygen atoms in total. The van der Waals surface area contributed by atoms with Crippen LogP contribution in [-0.2, 0) is 4.74 Å². The van der Waals surface area contributed by atoms with Crippen LogP contribution in [0, 0.1) is 5.92 Å². The summed E-state index contributed by atoms with van der Waals surface area (Å²) in [4.78, 5) is 2.31. The molecule has 0 aromatic heterocycles. The summed E-state index contributed by atoms with van der Waals surface area (Å²) in [5.74, 6) is -1.20. The summed E-state index contributed by atoms with van der Waals surface area (Å²) in [5, 5.41) is 3.28. The third-order valence-corrected chi connectivity index (χ3v) is 3.74. The lowest BCUT2D eigenvalue weighted by Crippen LogP contribution is -2.32. The van der Waals surface area contributed by atoms with Gasteiger partial charge in [0.1, 0.15) is 11.6 Å². The van der Waals surface area contributed by atoms with Gasteiger partial charge in [-0.3, -0.25) is 0 Å². The van der Waals surface area contributed by atoms with Gasteiger partial charge in [-0.25, -0.2) is 8.78 Å². The number of hydrogen-bond donors (Lipinski definition) is 1. The third-order valence-electron chi connectivity index (χ3n) is 3.74. The molecule has 0 spiro atoms. The highest BCUT2D eigenvalue weighted by atomic mass is 19.3. The monoisotopic (exact) mass is 256 g/mol. The predicted molar refractivity (Wildman–Crippen MR) is 64.0 cm³/mol. The number of halogens is 2. The van der Waals surface area contributed by atoms with Crippen LogP contribution < -0.4 is 5.32 Å². The molecule has 1 atom stereocenters. The average Bonchev–Trinajstić information content (AvgIpc) is 2.82. The second-order valence-electron chi connectivity index (χ2n) is 5.21. The first-order valence-corrected chi connectivity index (χ1v) is 6.55. The molecule has 1 N–H and O–H groups in total. The van der Waals surface area contributed by atoms with Crippen LogP contribution in [0.15, 0.2) is 23.7 Å². The molecule has 3 rings (SSSR count). The summed E-state index contributed by atoms with van der Waals surface area (Å²) >= 11 is 0. The molecule has 1 saturated heterocycles. The highest BCUT2D eigenvalue weighted by Crippen LogP contribution is 2.48. The Balaban J connectivity index is 1.50. The van der Waals surface area contributed by atoms with Crippen molar-refractivity contribution in [2.75, 3.05) is 26.2 Å². The van der Waals surface area contributed by atoms with Crippen LogP contribution in [-0.4, -0.2) is 37.1 Å². The van der Waals surface area contributed by atoms with Crippen LogP contribution in [0.3, 0.4) is 0 Å². The predicted octanol–water partition coefficient (Wildman–Crippen LogP) is 2.08. The molecule has 0 bridgehead atoms. The number of dihydropyridines is 1. The number of alkyl halides is 2. The third kappa shape index (κ3) is 2.44. The van der Waals surface area contributed by atoms with Crippen LogP contribution in [0.5, 0.6) is 0 Å². The smallest absolute Gasteiger partial charge is 0.255 e. The van der Waals surface area contributed by atoms with Gasteiger partial charge in [0.25, 0.3) is 5.92 Å². The van der Waals surface area contributed by atoms with Gasteiger partial charge < -0.3 is 15.0 Å².